The molecule has 9 atom stereocenters. The number of hydrogen-bond acceptors (Lipinski definition) is 13. The van der Waals surface area contributed by atoms with E-state index in [0.717, 1.165) is 17.7 Å². The van der Waals surface area contributed by atoms with Crippen LogP contribution in [0.3, 0.4) is 0 Å². The third-order valence-corrected chi connectivity index (χ3v) is 23.0. The van der Waals surface area contributed by atoms with Crippen LogP contribution in [-0.4, -0.2) is 156 Å². The first-order chi connectivity index (χ1) is 38.5. The van der Waals surface area contributed by atoms with Crippen molar-refractivity contribution in [2.24, 2.45) is 5.92 Å². The fraction of sp³-hybridized carbons (Fsp3) is 0.579. The lowest BCUT2D eigenvalue weighted by Gasteiger charge is -2.43. The third-order valence-electron chi connectivity index (χ3n) is 17.6. The van der Waals surface area contributed by atoms with Gasteiger partial charge in [0.1, 0.15) is 35.5 Å². The molecule has 1 spiro atoms. The molecule has 9 rings (SSSR count). The number of hydrogen-bond donors (Lipinski definition) is 4. The molecule has 434 valence electrons. The molecule has 0 unspecified atom stereocenters. The van der Waals surface area contributed by atoms with Crippen LogP contribution >= 0.6 is 0 Å². The zero-order valence-corrected chi connectivity index (χ0v) is 47.8. The molecule has 0 saturated carbocycles. The maximum absolute atomic E-state index is 16.9. The Morgan fingerprint density at radius 3 is 1.93 bits per heavy atom. The number of H-pyrrole nitrogens is 1. The maximum Gasteiger partial charge on any atom is 0.407 e. The van der Waals surface area contributed by atoms with E-state index in [2.05, 4.69) is 20.9 Å². The minimum absolute atomic E-state index is 0.0403. The average Bonchev–Trinajstić information content (AvgIpc) is 4.34. The molecule has 6 heterocycles. The van der Waals surface area contributed by atoms with E-state index in [0.29, 0.717) is 80.9 Å². The molecule has 5 saturated heterocycles. The molecule has 5 aliphatic rings. The molecular formula is C57H76F3N9O10Si. The highest BCUT2D eigenvalue weighted by molar-refractivity contribution is 6.80. The van der Waals surface area contributed by atoms with Gasteiger partial charge in [0.2, 0.25) is 17.7 Å². The van der Waals surface area contributed by atoms with E-state index in [1.807, 2.05) is 21.9 Å². The molecule has 23 heteroatoms. The number of fused-ring (bicyclic) bond motifs is 1. The smallest absolute Gasteiger partial charge is 0.407 e. The van der Waals surface area contributed by atoms with Gasteiger partial charge in [0.05, 0.1) is 70.3 Å². The number of aromatic nitrogens is 2. The van der Waals surface area contributed by atoms with Gasteiger partial charge >= 0.3 is 12.2 Å². The summed E-state index contributed by atoms with van der Waals surface area (Å²) in [7, 11) is 5.35. The number of imidazole rings is 1. The normalized spacial score (nSPS) is 23.4. The van der Waals surface area contributed by atoms with Gasteiger partial charge in [0, 0.05) is 76.4 Å². The highest BCUT2D eigenvalue weighted by atomic mass is 28.3. The van der Waals surface area contributed by atoms with Crippen LogP contribution in [0.1, 0.15) is 100 Å². The van der Waals surface area contributed by atoms with Gasteiger partial charge in [0.25, 0.3) is 0 Å². The molecule has 0 aliphatic carbocycles. The van der Waals surface area contributed by atoms with E-state index in [1.165, 1.54) is 82.9 Å². The SMILES string of the molecule is COC[C@H]1C[C@@H](C(=O)Nc2ccc([C@H]3CC[C@H](c4cc5[nH]c([C@@H]6CCCN6C(=O)[C@@H](NC(=O)OC)[C@@H](C)OC)nc5cc4F)N3c3cc(F)c(N4CC[Si]5(CCCCC5)CC4)c(F)c3)cc2)N(C(=O)[C@@H](NC(=O)OC)[C@@H](C)OC)C1. The van der Waals surface area contributed by atoms with E-state index in [1.54, 1.807) is 44.1 Å². The van der Waals surface area contributed by atoms with Gasteiger partial charge < -0.3 is 64.2 Å². The summed E-state index contributed by atoms with van der Waals surface area (Å²) >= 11 is 0. The maximum atomic E-state index is 16.9. The summed E-state index contributed by atoms with van der Waals surface area (Å²) in [6.45, 7) is 5.40. The zero-order chi connectivity index (χ0) is 57.0. The van der Waals surface area contributed by atoms with Crippen molar-refractivity contribution in [2.45, 2.75) is 138 Å². The van der Waals surface area contributed by atoms with Gasteiger partial charge in [-0.1, -0.05) is 43.5 Å². The Bertz CT molecular complexity index is 2860. The number of methoxy groups -OCH3 is 5. The molecule has 0 radical (unpaired) electrons. The number of aromatic amines is 1. The Hall–Kier alpha value is -6.43. The van der Waals surface area contributed by atoms with Crippen LogP contribution in [0, 0.1) is 23.4 Å². The van der Waals surface area contributed by atoms with Crippen LogP contribution in [-0.2, 0) is 38.1 Å². The first kappa shape index (κ1) is 58.2. The third kappa shape index (κ3) is 12.1. The van der Waals surface area contributed by atoms with Crippen molar-refractivity contribution in [1.29, 1.82) is 0 Å². The molecule has 0 bridgehead atoms. The Morgan fingerprint density at radius 2 is 1.32 bits per heavy atom. The lowest BCUT2D eigenvalue weighted by atomic mass is 10.0. The number of nitrogens with zero attached hydrogens (tertiary/aromatic N) is 5. The van der Waals surface area contributed by atoms with Gasteiger partial charge in [-0.25, -0.2) is 27.7 Å². The first-order valence-electron chi connectivity index (χ1n) is 28.0. The van der Waals surface area contributed by atoms with Crippen molar-refractivity contribution in [3.63, 3.8) is 0 Å². The van der Waals surface area contributed by atoms with Crippen LogP contribution in [0.5, 0.6) is 0 Å². The van der Waals surface area contributed by atoms with Crippen molar-refractivity contribution in [1.82, 2.24) is 30.4 Å². The van der Waals surface area contributed by atoms with Crippen molar-refractivity contribution < 1.29 is 60.8 Å². The molecule has 4 N–H and O–H groups in total. The van der Waals surface area contributed by atoms with Crippen molar-refractivity contribution in [2.75, 3.05) is 83.5 Å². The molecule has 5 fully saturated rings. The topological polar surface area (TPSA) is 209 Å². The molecule has 1 aromatic heterocycles. The number of carbonyl (C=O) groups is 5. The summed E-state index contributed by atoms with van der Waals surface area (Å²) in [5.41, 5.74) is 2.49. The zero-order valence-electron chi connectivity index (χ0n) is 46.8. The number of anilines is 3. The second-order valence-corrected chi connectivity index (χ2v) is 27.3. The number of ether oxygens (including phenoxy) is 5. The predicted octanol–water partition coefficient (Wildman–Crippen LogP) is 8.50. The number of benzene rings is 3. The van der Waals surface area contributed by atoms with E-state index in [4.69, 9.17) is 28.7 Å². The van der Waals surface area contributed by atoms with Gasteiger partial charge in [-0.05, 0) is 93.9 Å². The van der Waals surface area contributed by atoms with Crippen LogP contribution in [0.2, 0.25) is 24.2 Å². The monoisotopic (exact) mass is 1130 g/mol. The van der Waals surface area contributed by atoms with Gasteiger partial charge in [-0.2, -0.15) is 0 Å². The fourth-order valence-electron chi connectivity index (χ4n) is 13.2. The number of amides is 5. The van der Waals surface area contributed by atoms with Crippen LogP contribution < -0.4 is 25.8 Å². The number of halogens is 3. The van der Waals surface area contributed by atoms with E-state index in [9.17, 15) is 24.0 Å². The highest BCUT2D eigenvalue weighted by Gasteiger charge is 2.45. The highest BCUT2D eigenvalue weighted by Crippen LogP contribution is 2.50. The largest absolute Gasteiger partial charge is 0.453 e. The molecule has 4 aromatic rings. The minimum atomic E-state index is -1.45. The summed E-state index contributed by atoms with van der Waals surface area (Å²) in [6, 6.07) is 12.6. The Kier molecular flexibility index (Phi) is 18.3. The summed E-state index contributed by atoms with van der Waals surface area (Å²) < 4.78 is 76.5. The summed E-state index contributed by atoms with van der Waals surface area (Å²) in [5.74, 6) is -3.03. The van der Waals surface area contributed by atoms with Gasteiger partial charge in [0.15, 0.2) is 11.6 Å². The number of alkyl carbamates (subject to hydrolysis) is 2. The molecule has 5 amide bonds. The van der Waals surface area contributed by atoms with Gasteiger partial charge in [-0.3, -0.25) is 14.4 Å². The molecule has 80 heavy (non-hydrogen) atoms. The summed E-state index contributed by atoms with van der Waals surface area (Å²) in [4.78, 5) is 81.9. The predicted molar refractivity (Wildman–Crippen MR) is 296 cm³/mol. The fourth-order valence-corrected chi connectivity index (χ4v) is 18.1. The number of nitrogens with one attached hydrogen (secondary N) is 4. The average molecular weight is 1130 g/mol. The molecule has 3 aromatic carbocycles. The lowest BCUT2D eigenvalue weighted by molar-refractivity contribution is -0.141. The van der Waals surface area contributed by atoms with Gasteiger partial charge in [-0.15, -0.1) is 0 Å². The summed E-state index contributed by atoms with van der Waals surface area (Å²) in [5, 5.41) is 8.11. The van der Waals surface area contributed by atoms with Crippen LogP contribution in [0.25, 0.3) is 11.0 Å². The second kappa shape index (κ2) is 25.1. The molecule has 5 aliphatic heterocycles. The Morgan fingerprint density at radius 1 is 0.713 bits per heavy atom. The van der Waals surface area contributed by atoms with E-state index in [-0.39, 0.29) is 35.3 Å². The second-order valence-electron chi connectivity index (χ2n) is 22.3. The standard InChI is InChI=1S/C57H76F3N9O10Si/c1-33(76-4)49(64-56(73)78-6)54(71)67-19-11-12-47(67)52-62-43-29-39(40(58)30-44(43)63-52)46-18-17-45(69(46)38-27-41(59)51(42(60)28-38)66-20-24-80(25-21-66)22-9-8-10-23-80)36-13-15-37(16-14-36)61-53(70)48-26-35(32-75-3)31-68(48)55(72)50(34(2)77-5)65-57(74)79-7/h13-16,27-30,33-35,45-50H,8-12,17-26,31-32H2,1-7H3,(H,61,70)(H,62,63)(H,64,73)(H,65,74)/t33-,34-,35+,45-,46-,47+,48+,49+,50+/m1/s1. The van der Waals surface area contributed by atoms with Crippen molar-refractivity contribution in [3.05, 3.63) is 82.9 Å². The quantitative estimate of drug-likeness (QED) is 0.0732. The number of rotatable bonds is 17. The van der Waals surface area contributed by atoms with E-state index >= 15 is 13.2 Å². The van der Waals surface area contributed by atoms with Crippen LogP contribution in [0.4, 0.5) is 39.8 Å². The number of carbonyl (C=O) groups excluding carboxylic acids is 5. The van der Waals surface area contributed by atoms with Crippen molar-refractivity contribution >= 4 is 66.1 Å². The Labute approximate surface area is 465 Å². The first-order valence-corrected chi connectivity index (χ1v) is 30.8. The Balaban J connectivity index is 1.01. The minimum Gasteiger partial charge on any atom is -0.453 e. The van der Waals surface area contributed by atoms with E-state index < -0.39 is 98.0 Å². The van der Waals surface area contributed by atoms with Crippen molar-refractivity contribution in [3.8, 4) is 0 Å². The number of likely N-dealkylation sites (tertiary alicyclic amines) is 2. The summed E-state index contributed by atoms with van der Waals surface area (Å²) in [6.07, 6.45) is 3.07. The van der Waals surface area contributed by atoms with Crippen LogP contribution in [0.15, 0.2) is 48.5 Å². The molecule has 19 nitrogen and oxygen atoms in total. The lowest BCUT2D eigenvalue weighted by Crippen LogP contribution is -2.56. The molecular weight excluding hydrogens is 1060 g/mol.